The highest BCUT2D eigenvalue weighted by Crippen LogP contribution is 2.22. The van der Waals surface area contributed by atoms with Crippen molar-refractivity contribution in [3.05, 3.63) is 30.3 Å². The van der Waals surface area contributed by atoms with Gasteiger partial charge < -0.3 is 16.0 Å². The number of para-hydroxylation sites is 1. The Morgan fingerprint density at radius 1 is 1.05 bits per heavy atom. The predicted molar refractivity (Wildman–Crippen MR) is 87.3 cm³/mol. The molecule has 21 heavy (non-hydrogen) atoms. The summed E-state index contributed by atoms with van der Waals surface area (Å²) in [7, 11) is 0. The molecule has 0 atom stereocenters. The second-order valence-corrected chi connectivity index (χ2v) is 5.81. The number of hydrogen-bond donors (Lipinski definition) is 2. The number of rotatable bonds is 2. The first-order chi connectivity index (χ1) is 10.3. The molecular weight excluding hydrogens is 262 g/mol. The number of carbonyl (C=O) groups excluding carboxylic acids is 1. The number of carbonyl (C=O) groups is 1. The molecule has 0 bridgehead atoms. The minimum absolute atomic E-state index is 0.102. The molecule has 0 spiro atoms. The summed E-state index contributed by atoms with van der Waals surface area (Å²) in [4.78, 5) is 13.0. The van der Waals surface area contributed by atoms with Gasteiger partial charge in [-0.15, -0.1) is 0 Å². The third-order valence-corrected chi connectivity index (χ3v) is 4.25. The van der Waals surface area contributed by atoms with Crippen molar-refractivity contribution in [3.63, 3.8) is 0 Å². The van der Waals surface area contributed by atoms with Gasteiger partial charge in [-0.2, -0.15) is 0 Å². The van der Waals surface area contributed by atoms with Crippen molar-refractivity contribution in [1.29, 1.82) is 0 Å². The van der Waals surface area contributed by atoms with Gasteiger partial charge in [0.05, 0.1) is 0 Å². The van der Waals surface area contributed by atoms with Crippen LogP contribution in [0.2, 0.25) is 0 Å². The minimum atomic E-state index is -0.102. The molecule has 1 saturated carbocycles. The lowest BCUT2D eigenvalue weighted by molar-refractivity contribution is -0.122. The monoisotopic (exact) mass is 289 g/mol. The third-order valence-electron chi connectivity index (χ3n) is 4.25. The second-order valence-electron chi connectivity index (χ2n) is 5.81. The van der Waals surface area contributed by atoms with Gasteiger partial charge in [0.2, 0.25) is 5.91 Å². The van der Waals surface area contributed by atoms with Gasteiger partial charge in [-0.1, -0.05) is 37.5 Å². The largest absolute Gasteiger partial charge is 0.369 e. The molecule has 4 nitrogen and oxygen atoms in total. The van der Waals surface area contributed by atoms with Gasteiger partial charge in [-0.3, -0.25) is 4.79 Å². The maximum atomic E-state index is 10.6. The van der Waals surface area contributed by atoms with Crippen molar-refractivity contribution in [2.45, 2.75) is 32.1 Å². The number of amides is 1. The van der Waals surface area contributed by atoms with Crippen LogP contribution in [-0.4, -0.2) is 32.1 Å². The number of primary amides is 1. The van der Waals surface area contributed by atoms with Crippen LogP contribution in [0.3, 0.4) is 0 Å². The molecule has 0 radical (unpaired) electrons. The van der Waals surface area contributed by atoms with Crippen molar-refractivity contribution in [2.24, 2.45) is 11.7 Å². The standard InChI is InChI=1S/C10H14N2.C7H13NO/c1-2-4-10(5-3-1)12-8-6-11-7-9-12;8-7(9)6-4-2-1-3-5-6/h1-5,11H,6-9H2;6H,1-5H2,(H2,8,9). The molecule has 2 fully saturated rings. The summed E-state index contributed by atoms with van der Waals surface area (Å²) in [5, 5.41) is 3.34. The fourth-order valence-electron chi connectivity index (χ4n) is 2.95. The molecule has 1 amide bonds. The first-order valence-corrected chi connectivity index (χ1v) is 8.07. The highest BCUT2D eigenvalue weighted by Gasteiger charge is 2.17. The Labute approximate surface area is 127 Å². The fourth-order valence-corrected chi connectivity index (χ4v) is 2.95. The van der Waals surface area contributed by atoms with E-state index >= 15 is 0 Å². The van der Waals surface area contributed by atoms with Crippen LogP contribution >= 0.6 is 0 Å². The van der Waals surface area contributed by atoms with Crippen LogP contribution in [0.25, 0.3) is 0 Å². The summed E-state index contributed by atoms with van der Waals surface area (Å²) in [6.07, 6.45) is 5.70. The third kappa shape index (κ3) is 5.38. The molecule has 0 unspecified atom stereocenters. The van der Waals surface area contributed by atoms with E-state index in [2.05, 4.69) is 40.5 Å². The molecule has 0 aromatic heterocycles. The predicted octanol–water partition coefficient (Wildman–Crippen LogP) is 2.15. The Kier molecular flexibility index (Phi) is 6.54. The lowest BCUT2D eigenvalue weighted by Gasteiger charge is -2.29. The zero-order valence-corrected chi connectivity index (χ0v) is 12.8. The Morgan fingerprint density at radius 2 is 1.67 bits per heavy atom. The fraction of sp³-hybridized carbons (Fsp3) is 0.588. The van der Waals surface area contributed by atoms with Crippen molar-refractivity contribution in [2.75, 3.05) is 31.1 Å². The number of anilines is 1. The maximum absolute atomic E-state index is 10.6. The quantitative estimate of drug-likeness (QED) is 0.877. The molecule has 1 aromatic rings. The second kappa shape index (κ2) is 8.67. The van der Waals surface area contributed by atoms with E-state index in [4.69, 9.17) is 5.73 Å². The van der Waals surface area contributed by atoms with E-state index in [0.29, 0.717) is 0 Å². The van der Waals surface area contributed by atoms with Crippen LogP contribution in [0.15, 0.2) is 30.3 Å². The van der Waals surface area contributed by atoms with E-state index in [1.165, 1.54) is 24.9 Å². The Morgan fingerprint density at radius 3 is 2.19 bits per heavy atom. The molecule has 1 aromatic carbocycles. The molecule has 1 saturated heterocycles. The zero-order chi connectivity index (χ0) is 14.9. The van der Waals surface area contributed by atoms with E-state index < -0.39 is 0 Å². The molecule has 4 heteroatoms. The number of nitrogens with one attached hydrogen (secondary N) is 1. The number of nitrogens with zero attached hydrogens (tertiary/aromatic N) is 1. The number of piperazine rings is 1. The summed E-state index contributed by atoms with van der Waals surface area (Å²) in [6.45, 7) is 4.47. The van der Waals surface area contributed by atoms with E-state index in [-0.39, 0.29) is 11.8 Å². The Bertz CT molecular complexity index is 409. The van der Waals surface area contributed by atoms with Gasteiger partial charge in [-0.05, 0) is 25.0 Å². The summed E-state index contributed by atoms with van der Waals surface area (Å²) in [5.41, 5.74) is 6.47. The van der Waals surface area contributed by atoms with E-state index in [0.717, 1.165) is 39.0 Å². The van der Waals surface area contributed by atoms with Crippen LogP contribution in [0, 0.1) is 5.92 Å². The summed E-state index contributed by atoms with van der Waals surface area (Å²) < 4.78 is 0. The Balaban J connectivity index is 0.000000161. The molecular formula is C17H27N3O. The molecule has 2 aliphatic rings. The van der Waals surface area contributed by atoms with Gasteiger partial charge in [0.25, 0.3) is 0 Å². The maximum Gasteiger partial charge on any atom is 0.220 e. The van der Waals surface area contributed by atoms with E-state index in [1.54, 1.807) is 0 Å². The zero-order valence-electron chi connectivity index (χ0n) is 12.8. The molecule has 1 heterocycles. The number of benzene rings is 1. The normalized spacial score (nSPS) is 19.5. The molecule has 3 rings (SSSR count). The number of hydrogen-bond acceptors (Lipinski definition) is 3. The highest BCUT2D eigenvalue weighted by molar-refractivity contribution is 5.76. The smallest absolute Gasteiger partial charge is 0.220 e. The van der Waals surface area contributed by atoms with E-state index in [9.17, 15) is 4.79 Å². The first kappa shape index (κ1) is 15.8. The van der Waals surface area contributed by atoms with Crippen molar-refractivity contribution in [3.8, 4) is 0 Å². The Hall–Kier alpha value is -1.55. The number of nitrogens with two attached hydrogens (primary N) is 1. The molecule has 1 aliphatic carbocycles. The molecule has 3 N–H and O–H groups in total. The molecule has 116 valence electrons. The van der Waals surface area contributed by atoms with Gasteiger partial charge in [0, 0.05) is 37.8 Å². The topological polar surface area (TPSA) is 58.4 Å². The SMILES string of the molecule is NC(=O)C1CCCCC1.c1ccc(N2CCNCC2)cc1. The van der Waals surface area contributed by atoms with Crippen LogP contribution in [-0.2, 0) is 4.79 Å². The van der Waals surface area contributed by atoms with Crippen molar-refractivity contribution in [1.82, 2.24) is 5.32 Å². The lowest BCUT2D eigenvalue weighted by atomic mass is 9.89. The average Bonchev–Trinajstić information content (AvgIpc) is 2.58. The first-order valence-electron chi connectivity index (χ1n) is 8.07. The van der Waals surface area contributed by atoms with Gasteiger partial charge >= 0.3 is 0 Å². The van der Waals surface area contributed by atoms with Gasteiger partial charge in [0.15, 0.2) is 0 Å². The average molecular weight is 289 g/mol. The minimum Gasteiger partial charge on any atom is -0.369 e. The highest BCUT2D eigenvalue weighted by atomic mass is 16.1. The lowest BCUT2D eigenvalue weighted by Crippen LogP contribution is -2.43. The van der Waals surface area contributed by atoms with Crippen LogP contribution in [0.5, 0.6) is 0 Å². The van der Waals surface area contributed by atoms with Crippen LogP contribution in [0.4, 0.5) is 5.69 Å². The van der Waals surface area contributed by atoms with Crippen LogP contribution in [0.1, 0.15) is 32.1 Å². The van der Waals surface area contributed by atoms with E-state index in [1.807, 2.05) is 0 Å². The summed E-state index contributed by atoms with van der Waals surface area (Å²) in [5.74, 6) is 0.0912. The van der Waals surface area contributed by atoms with Gasteiger partial charge in [-0.25, -0.2) is 0 Å². The van der Waals surface area contributed by atoms with Crippen molar-refractivity contribution < 1.29 is 4.79 Å². The summed E-state index contributed by atoms with van der Waals surface area (Å²) >= 11 is 0. The summed E-state index contributed by atoms with van der Waals surface area (Å²) in [6, 6.07) is 10.6. The van der Waals surface area contributed by atoms with Crippen LogP contribution < -0.4 is 16.0 Å². The van der Waals surface area contributed by atoms with Gasteiger partial charge in [0.1, 0.15) is 0 Å². The van der Waals surface area contributed by atoms with Crippen molar-refractivity contribution >= 4 is 11.6 Å². The molecule has 1 aliphatic heterocycles.